The zero-order valence-corrected chi connectivity index (χ0v) is 16.0. The summed E-state index contributed by atoms with van der Waals surface area (Å²) in [6.07, 6.45) is 2.93. The van der Waals surface area contributed by atoms with E-state index in [1.165, 1.54) is 17.2 Å². The van der Waals surface area contributed by atoms with E-state index in [-0.39, 0.29) is 16.7 Å². The number of aryl methyl sites for hydroxylation is 1. The highest BCUT2D eigenvalue weighted by Crippen LogP contribution is 2.30. The summed E-state index contributed by atoms with van der Waals surface area (Å²) in [6.45, 7) is 3.99. The van der Waals surface area contributed by atoms with Gasteiger partial charge in [-0.3, -0.25) is 0 Å². The molecule has 2 heterocycles. The van der Waals surface area contributed by atoms with Crippen LogP contribution in [0.2, 0.25) is 0 Å². The van der Waals surface area contributed by atoms with Gasteiger partial charge >= 0.3 is 0 Å². The number of aromatic nitrogens is 3. The van der Waals surface area contributed by atoms with Crippen LogP contribution in [0, 0.1) is 6.92 Å². The van der Waals surface area contributed by atoms with Crippen LogP contribution < -0.4 is 9.84 Å². The predicted octanol–water partition coefficient (Wildman–Crippen LogP) is 1.68. The number of rotatable bonds is 8. The quantitative estimate of drug-likeness (QED) is 0.446. The Bertz CT molecular complexity index is 1010. The number of benzene rings is 1. The minimum absolute atomic E-state index is 0.0499. The Morgan fingerprint density at radius 2 is 2.25 bits per heavy atom. The molecule has 9 nitrogen and oxygen atoms in total. The lowest BCUT2D eigenvalue weighted by Crippen LogP contribution is -2.24. The van der Waals surface area contributed by atoms with Crippen LogP contribution in [0.1, 0.15) is 18.2 Å². The van der Waals surface area contributed by atoms with Gasteiger partial charge in [-0.1, -0.05) is 17.8 Å². The SMILES string of the molecule is CCOc1cccc(/C=N/n2c(SCC(=O)[O-])nnc2-c2ccoc2C)c1O. The fourth-order valence-corrected chi connectivity index (χ4v) is 3.00. The van der Waals surface area contributed by atoms with Gasteiger partial charge in [0.05, 0.1) is 30.6 Å². The molecule has 0 amide bonds. The maximum atomic E-state index is 10.8. The number of aromatic hydroxyl groups is 1. The van der Waals surface area contributed by atoms with Gasteiger partial charge in [-0.15, -0.1) is 10.2 Å². The molecule has 0 aliphatic heterocycles. The third-order valence-electron chi connectivity index (χ3n) is 3.67. The summed E-state index contributed by atoms with van der Waals surface area (Å²) in [4.78, 5) is 10.8. The van der Waals surface area contributed by atoms with Gasteiger partial charge in [-0.25, -0.2) is 0 Å². The summed E-state index contributed by atoms with van der Waals surface area (Å²) < 4.78 is 12.1. The van der Waals surface area contributed by atoms with Crippen LogP contribution in [0.4, 0.5) is 0 Å². The van der Waals surface area contributed by atoms with E-state index in [4.69, 9.17) is 9.15 Å². The Morgan fingerprint density at radius 3 is 2.93 bits per heavy atom. The number of thioether (sulfide) groups is 1. The van der Waals surface area contributed by atoms with E-state index in [9.17, 15) is 15.0 Å². The van der Waals surface area contributed by atoms with Gasteiger partial charge in [0.2, 0.25) is 5.16 Å². The van der Waals surface area contributed by atoms with Crippen molar-refractivity contribution in [2.75, 3.05) is 12.4 Å². The van der Waals surface area contributed by atoms with Crippen LogP contribution >= 0.6 is 11.8 Å². The van der Waals surface area contributed by atoms with E-state index >= 15 is 0 Å². The van der Waals surface area contributed by atoms with Gasteiger partial charge in [0, 0.05) is 11.3 Å². The second-order valence-electron chi connectivity index (χ2n) is 5.54. The summed E-state index contributed by atoms with van der Waals surface area (Å²) in [6, 6.07) is 6.76. The lowest BCUT2D eigenvalue weighted by Gasteiger charge is -2.08. The lowest BCUT2D eigenvalue weighted by atomic mass is 10.2. The minimum Gasteiger partial charge on any atom is -0.549 e. The summed E-state index contributed by atoms with van der Waals surface area (Å²) in [5.74, 6) is -0.251. The van der Waals surface area contributed by atoms with Crippen molar-refractivity contribution in [1.29, 1.82) is 0 Å². The zero-order valence-electron chi connectivity index (χ0n) is 15.2. The highest BCUT2D eigenvalue weighted by atomic mass is 32.2. The van der Waals surface area contributed by atoms with Gasteiger partial charge < -0.3 is 24.2 Å². The molecular formula is C18H17N4O5S-. The van der Waals surface area contributed by atoms with Crippen molar-refractivity contribution in [1.82, 2.24) is 14.9 Å². The molecule has 146 valence electrons. The Balaban J connectivity index is 2.01. The molecule has 28 heavy (non-hydrogen) atoms. The number of furan rings is 1. The molecule has 0 saturated carbocycles. The third-order valence-corrected chi connectivity index (χ3v) is 4.57. The molecular weight excluding hydrogens is 384 g/mol. The highest BCUT2D eigenvalue weighted by molar-refractivity contribution is 7.99. The number of carbonyl (C=O) groups excluding carboxylic acids is 1. The number of ether oxygens (including phenoxy) is 1. The number of para-hydroxylation sites is 1. The minimum atomic E-state index is -1.23. The van der Waals surface area contributed by atoms with Crippen LogP contribution in [-0.4, -0.2) is 44.5 Å². The van der Waals surface area contributed by atoms with E-state index in [1.807, 2.05) is 6.92 Å². The number of nitrogens with zero attached hydrogens (tertiary/aromatic N) is 4. The first-order valence-electron chi connectivity index (χ1n) is 8.33. The number of phenolic OH excluding ortho intramolecular Hbond substituents is 1. The molecule has 0 aliphatic rings. The molecule has 0 saturated heterocycles. The van der Waals surface area contributed by atoms with E-state index < -0.39 is 5.97 Å². The first-order valence-corrected chi connectivity index (χ1v) is 9.31. The van der Waals surface area contributed by atoms with E-state index in [0.29, 0.717) is 35.1 Å². The molecule has 0 atom stereocenters. The fourth-order valence-electron chi connectivity index (χ4n) is 2.40. The van der Waals surface area contributed by atoms with E-state index in [0.717, 1.165) is 11.8 Å². The van der Waals surface area contributed by atoms with E-state index in [1.54, 1.807) is 31.2 Å². The van der Waals surface area contributed by atoms with Crippen molar-refractivity contribution >= 4 is 23.9 Å². The van der Waals surface area contributed by atoms with Crippen molar-refractivity contribution in [3.8, 4) is 22.9 Å². The fraction of sp³-hybridized carbons (Fsp3) is 0.222. The van der Waals surface area contributed by atoms with Crippen LogP contribution in [-0.2, 0) is 4.79 Å². The van der Waals surface area contributed by atoms with Gasteiger partial charge in [0.15, 0.2) is 17.3 Å². The largest absolute Gasteiger partial charge is 0.549 e. The summed E-state index contributed by atoms with van der Waals surface area (Å²) in [5.41, 5.74) is 1.09. The molecule has 3 rings (SSSR count). The van der Waals surface area contributed by atoms with Gasteiger partial charge in [-0.05, 0) is 32.0 Å². The molecule has 2 aromatic heterocycles. The highest BCUT2D eigenvalue weighted by Gasteiger charge is 2.17. The number of hydrogen-bond donors (Lipinski definition) is 1. The summed E-state index contributed by atoms with van der Waals surface area (Å²) in [7, 11) is 0. The maximum absolute atomic E-state index is 10.8. The lowest BCUT2D eigenvalue weighted by molar-refractivity contribution is -0.301. The number of carbonyl (C=O) groups is 1. The second-order valence-corrected chi connectivity index (χ2v) is 6.48. The number of carboxylic acids is 1. The Morgan fingerprint density at radius 1 is 1.43 bits per heavy atom. The number of carboxylic acid groups (broad SMARTS) is 1. The predicted molar refractivity (Wildman–Crippen MR) is 100 cm³/mol. The molecule has 1 N–H and O–H groups in total. The average Bonchev–Trinajstić information content (AvgIpc) is 3.26. The number of hydrogen-bond acceptors (Lipinski definition) is 9. The van der Waals surface area contributed by atoms with Gasteiger partial charge in [-0.2, -0.15) is 9.78 Å². The van der Waals surface area contributed by atoms with Crippen LogP contribution in [0.3, 0.4) is 0 Å². The Labute approximate surface area is 164 Å². The standard InChI is InChI=1S/C18H18N4O5S/c1-3-26-14-6-4-5-12(16(14)25)9-19-22-17(13-7-8-27-11(13)2)20-21-18(22)28-10-15(23)24/h4-9,25H,3,10H2,1-2H3,(H,23,24)/p-1/b19-9+. The molecule has 0 aliphatic carbocycles. The van der Waals surface area contributed by atoms with Crippen molar-refractivity contribution in [3.05, 3.63) is 41.9 Å². The molecule has 0 spiro atoms. The maximum Gasteiger partial charge on any atom is 0.212 e. The Kier molecular flexibility index (Phi) is 5.99. The van der Waals surface area contributed by atoms with E-state index in [2.05, 4.69) is 15.3 Å². The second kappa shape index (κ2) is 8.61. The topological polar surface area (TPSA) is 126 Å². The van der Waals surface area contributed by atoms with Crippen LogP contribution in [0.15, 0.2) is 45.2 Å². The van der Waals surface area contributed by atoms with Gasteiger partial charge in [0.1, 0.15) is 5.76 Å². The molecule has 0 unspecified atom stereocenters. The Hall–Kier alpha value is -3.27. The van der Waals surface area contributed by atoms with Crippen molar-refractivity contribution in [2.24, 2.45) is 5.10 Å². The molecule has 3 aromatic rings. The molecule has 0 radical (unpaired) electrons. The molecule has 1 aromatic carbocycles. The summed E-state index contributed by atoms with van der Waals surface area (Å²) in [5, 5.41) is 33.9. The smallest absolute Gasteiger partial charge is 0.212 e. The van der Waals surface area contributed by atoms with Crippen LogP contribution in [0.25, 0.3) is 11.4 Å². The third kappa shape index (κ3) is 4.17. The van der Waals surface area contributed by atoms with Crippen molar-refractivity contribution in [2.45, 2.75) is 19.0 Å². The normalized spacial score (nSPS) is 11.2. The number of phenols is 1. The number of aliphatic carboxylic acids is 1. The first-order chi connectivity index (χ1) is 13.5. The monoisotopic (exact) mass is 401 g/mol. The van der Waals surface area contributed by atoms with Crippen molar-refractivity contribution < 1.29 is 24.2 Å². The summed E-state index contributed by atoms with van der Waals surface area (Å²) >= 11 is 0.925. The molecule has 0 bridgehead atoms. The van der Waals surface area contributed by atoms with Crippen molar-refractivity contribution in [3.63, 3.8) is 0 Å². The van der Waals surface area contributed by atoms with Crippen LogP contribution in [0.5, 0.6) is 11.5 Å². The zero-order chi connectivity index (χ0) is 20.1. The molecule has 0 fully saturated rings. The first kappa shape index (κ1) is 19.5. The molecule has 10 heteroatoms. The van der Waals surface area contributed by atoms with Gasteiger partial charge in [0.25, 0.3) is 0 Å². The average molecular weight is 401 g/mol.